The van der Waals surface area contributed by atoms with Gasteiger partial charge in [-0.05, 0) is 50.0 Å². The third kappa shape index (κ3) is 7.47. The Hall–Kier alpha value is -1.77. The molecule has 1 aliphatic rings. The third-order valence-corrected chi connectivity index (χ3v) is 9.21. The fraction of sp³-hybridized carbons (Fsp3) is 0.676. The van der Waals surface area contributed by atoms with Crippen LogP contribution in [0.1, 0.15) is 163 Å². The SMILES string of the molecule is CC(C)(C)CC(C)(C)C1c2cc(C(C)(C)C)cc(C(C)(C)C)c2OP(=O)(O)Oc2c1cc(C(C)(C)C)cc2C(C)(C)C. The molecule has 42 heavy (non-hydrogen) atoms. The summed E-state index contributed by atoms with van der Waals surface area (Å²) >= 11 is 0. The lowest BCUT2D eigenvalue weighted by atomic mass is 9.62. The van der Waals surface area contributed by atoms with Gasteiger partial charge in [0.1, 0.15) is 11.5 Å². The monoisotopic (exact) mass is 598 g/mol. The molecule has 1 aliphatic heterocycles. The van der Waals surface area contributed by atoms with Crippen LogP contribution in [-0.2, 0) is 26.2 Å². The van der Waals surface area contributed by atoms with Crippen molar-refractivity contribution in [3.8, 4) is 11.5 Å². The van der Waals surface area contributed by atoms with Gasteiger partial charge in [-0.3, -0.25) is 4.89 Å². The predicted molar refractivity (Wildman–Crippen MR) is 178 cm³/mol. The molecule has 0 saturated carbocycles. The van der Waals surface area contributed by atoms with E-state index in [1.54, 1.807) is 0 Å². The van der Waals surface area contributed by atoms with Crippen LogP contribution in [0.15, 0.2) is 24.3 Å². The van der Waals surface area contributed by atoms with Gasteiger partial charge in [-0.2, -0.15) is 0 Å². The smallest absolute Gasteiger partial charge is 0.395 e. The third-order valence-electron chi connectivity index (χ3n) is 8.39. The van der Waals surface area contributed by atoms with Crippen molar-refractivity contribution in [2.24, 2.45) is 10.8 Å². The quantitative estimate of drug-likeness (QED) is 0.349. The Morgan fingerprint density at radius 1 is 0.595 bits per heavy atom. The molecule has 0 spiro atoms. The predicted octanol–water partition coefficient (Wildman–Crippen LogP) is 11.3. The fourth-order valence-electron chi connectivity index (χ4n) is 6.64. The Kier molecular flexibility index (Phi) is 8.60. The molecular weight excluding hydrogens is 539 g/mol. The van der Waals surface area contributed by atoms with Crippen LogP contribution in [0.25, 0.3) is 0 Å². The van der Waals surface area contributed by atoms with Crippen molar-refractivity contribution in [2.75, 3.05) is 0 Å². The van der Waals surface area contributed by atoms with Gasteiger partial charge in [0, 0.05) is 28.2 Å². The highest BCUT2D eigenvalue weighted by Gasteiger charge is 2.46. The average molecular weight is 599 g/mol. The van der Waals surface area contributed by atoms with Gasteiger partial charge >= 0.3 is 7.82 Å². The molecule has 1 heterocycles. The Labute approximate surface area is 257 Å². The molecule has 236 valence electrons. The number of fused-ring (bicyclic) bond motifs is 2. The van der Waals surface area contributed by atoms with Gasteiger partial charge in [-0.1, -0.05) is 142 Å². The summed E-state index contributed by atoms with van der Waals surface area (Å²) in [5, 5.41) is 0. The zero-order valence-corrected chi connectivity index (χ0v) is 30.6. The van der Waals surface area contributed by atoms with Gasteiger partial charge in [0.15, 0.2) is 0 Å². The maximum atomic E-state index is 14.0. The molecule has 0 saturated heterocycles. The van der Waals surface area contributed by atoms with Gasteiger partial charge in [0.05, 0.1) is 0 Å². The lowest BCUT2D eigenvalue weighted by Crippen LogP contribution is -2.32. The minimum atomic E-state index is -4.55. The molecule has 0 aliphatic carbocycles. The highest BCUT2D eigenvalue weighted by molar-refractivity contribution is 7.48. The number of phosphoric acid groups is 1. The molecule has 0 aromatic heterocycles. The molecule has 4 nitrogen and oxygen atoms in total. The zero-order valence-electron chi connectivity index (χ0n) is 29.7. The molecule has 0 fully saturated rings. The molecule has 0 unspecified atom stereocenters. The van der Waals surface area contributed by atoms with E-state index in [9.17, 15) is 9.46 Å². The summed E-state index contributed by atoms with van der Waals surface area (Å²) in [6, 6.07) is 8.83. The number of hydrogen-bond acceptors (Lipinski definition) is 3. The first-order valence-corrected chi connectivity index (χ1v) is 17.0. The minimum Gasteiger partial charge on any atom is -0.395 e. The number of hydrogen-bond donors (Lipinski definition) is 1. The molecule has 1 N–H and O–H groups in total. The first-order chi connectivity index (χ1) is 18.4. The molecule has 0 atom stereocenters. The van der Waals surface area contributed by atoms with Crippen molar-refractivity contribution >= 4 is 7.82 Å². The largest absolute Gasteiger partial charge is 0.584 e. The molecule has 0 radical (unpaired) electrons. The standard InChI is InChI=1S/C37H59O4P/c1-32(2,3)22-37(16,17)29-25-18-23(33(4,5)6)20-27(35(10,11)12)30(25)40-42(38,39)41-31-26(29)19-24(34(7,8)9)21-28(31)36(13,14)15/h18-21,29H,22H2,1-17H3,(H,38,39). The van der Waals surface area contributed by atoms with Gasteiger partial charge in [-0.25, -0.2) is 4.57 Å². The Bertz CT molecular complexity index is 1290. The second kappa shape index (κ2) is 10.4. The summed E-state index contributed by atoms with van der Waals surface area (Å²) in [6.45, 7) is 37.7. The molecule has 3 rings (SSSR count). The van der Waals surface area contributed by atoms with Crippen LogP contribution in [0.2, 0.25) is 0 Å². The van der Waals surface area contributed by atoms with Crippen LogP contribution >= 0.6 is 7.82 Å². The van der Waals surface area contributed by atoms with Crippen molar-refractivity contribution in [3.05, 3.63) is 57.6 Å². The van der Waals surface area contributed by atoms with Gasteiger partial charge in [-0.15, -0.1) is 0 Å². The maximum absolute atomic E-state index is 14.0. The van der Waals surface area contributed by atoms with Gasteiger partial charge in [0.25, 0.3) is 0 Å². The van der Waals surface area contributed by atoms with Crippen LogP contribution in [0.4, 0.5) is 0 Å². The summed E-state index contributed by atoms with van der Waals surface area (Å²) < 4.78 is 26.4. The van der Waals surface area contributed by atoms with E-state index in [0.717, 1.165) is 28.7 Å². The molecular formula is C37H59O4P. The van der Waals surface area contributed by atoms with Crippen molar-refractivity contribution in [3.63, 3.8) is 0 Å². The van der Waals surface area contributed by atoms with Crippen molar-refractivity contribution < 1.29 is 18.5 Å². The van der Waals surface area contributed by atoms with Crippen LogP contribution < -0.4 is 9.05 Å². The van der Waals surface area contributed by atoms with Crippen molar-refractivity contribution in [1.82, 2.24) is 0 Å². The summed E-state index contributed by atoms with van der Waals surface area (Å²) in [7, 11) is -4.55. The molecule has 2 aromatic carbocycles. The first kappa shape index (κ1) is 34.7. The summed E-state index contributed by atoms with van der Waals surface area (Å²) in [6.07, 6.45) is 0.926. The second-order valence-corrected chi connectivity index (χ2v) is 20.0. The number of phosphoric ester groups is 1. The molecule has 2 aromatic rings. The van der Waals surface area contributed by atoms with Crippen LogP contribution in [0.5, 0.6) is 11.5 Å². The van der Waals surface area contributed by atoms with Crippen LogP contribution in [-0.4, -0.2) is 4.89 Å². The molecule has 0 bridgehead atoms. The number of benzene rings is 2. The normalized spacial score (nSPS) is 20.6. The van der Waals surface area contributed by atoms with Crippen LogP contribution in [0.3, 0.4) is 0 Å². The highest BCUT2D eigenvalue weighted by atomic mass is 31.2. The van der Waals surface area contributed by atoms with E-state index in [-0.39, 0.29) is 38.4 Å². The Morgan fingerprint density at radius 3 is 1.19 bits per heavy atom. The lowest BCUT2D eigenvalue weighted by Gasteiger charge is -2.44. The summed E-state index contributed by atoms with van der Waals surface area (Å²) in [5.74, 6) is 0.809. The van der Waals surface area contributed by atoms with Crippen molar-refractivity contribution in [2.45, 2.75) is 152 Å². The van der Waals surface area contributed by atoms with Crippen LogP contribution in [0, 0.1) is 10.8 Å². The number of rotatable bonds is 2. The summed E-state index contributed by atoms with van der Waals surface area (Å²) in [4.78, 5) is 11.4. The molecule has 0 amide bonds. The van der Waals surface area contributed by atoms with Gasteiger partial charge in [0.2, 0.25) is 0 Å². The lowest BCUT2D eigenvalue weighted by molar-refractivity contribution is 0.182. The van der Waals surface area contributed by atoms with E-state index in [0.29, 0.717) is 11.5 Å². The summed E-state index contributed by atoms with van der Waals surface area (Å²) in [5.41, 5.74) is 4.98. The van der Waals surface area contributed by atoms with Gasteiger partial charge < -0.3 is 9.05 Å². The fourth-order valence-corrected chi connectivity index (χ4v) is 7.55. The minimum absolute atomic E-state index is 0.0448. The van der Waals surface area contributed by atoms with E-state index in [4.69, 9.17) is 9.05 Å². The Morgan fingerprint density at radius 2 is 0.929 bits per heavy atom. The highest BCUT2D eigenvalue weighted by Crippen LogP contribution is 2.61. The van der Waals surface area contributed by atoms with E-state index >= 15 is 0 Å². The second-order valence-electron chi connectivity index (χ2n) is 18.7. The van der Waals surface area contributed by atoms with E-state index in [2.05, 4.69) is 142 Å². The topological polar surface area (TPSA) is 55.8 Å². The van der Waals surface area contributed by atoms with Crippen molar-refractivity contribution in [1.29, 1.82) is 0 Å². The zero-order chi connectivity index (χ0) is 32.6. The van der Waals surface area contributed by atoms with E-state index in [1.165, 1.54) is 11.1 Å². The molecule has 5 heteroatoms. The first-order valence-electron chi connectivity index (χ1n) is 15.5. The van der Waals surface area contributed by atoms with E-state index in [1.807, 2.05) is 0 Å². The van der Waals surface area contributed by atoms with E-state index < -0.39 is 7.82 Å². The average Bonchev–Trinajstić information content (AvgIpc) is 2.68. The Balaban J connectivity index is 2.71. The maximum Gasteiger partial charge on any atom is 0.584 e.